The van der Waals surface area contributed by atoms with Gasteiger partial charge in [-0.05, 0) is 12.5 Å². The van der Waals surface area contributed by atoms with E-state index in [1.54, 1.807) is 6.92 Å². The summed E-state index contributed by atoms with van der Waals surface area (Å²) >= 11 is 0. The van der Waals surface area contributed by atoms with E-state index in [2.05, 4.69) is 0 Å². The van der Waals surface area contributed by atoms with Crippen molar-refractivity contribution in [3.63, 3.8) is 0 Å². The monoisotopic (exact) mass is 311 g/mol. The molecule has 0 radical (unpaired) electrons. The fraction of sp³-hybridized carbons (Fsp3) is 0.222. The normalized spacial score (nSPS) is 20.2. The van der Waals surface area contributed by atoms with Crippen LogP contribution in [0.3, 0.4) is 0 Å². The van der Waals surface area contributed by atoms with Gasteiger partial charge in [0.2, 0.25) is 6.23 Å². The Morgan fingerprint density at radius 1 is 1.09 bits per heavy atom. The Morgan fingerprint density at radius 2 is 1.70 bits per heavy atom. The molecule has 0 N–H and O–H groups in total. The molecule has 1 fully saturated rings. The lowest BCUT2D eigenvalue weighted by Gasteiger charge is -2.24. The molecule has 0 aliphatic carbocycles. The Kier molecular flexibility index (Phi) is 4.28. The summed E-state index contributed by atoms with van der Waals surface area (Å²) in [5.41, 5.74) is 1.62. The Bertz CT molecular complexity index is 687. The number of hydrogen-bond donors (Lipinski definition) is 0. The molecule has 2 atom stereocenters. The highest BCUT2D eigenvalue weighted by Crippen LogP contribution is 2.32. The summed E-state index contributed by atoms with van der Waals surface area (Å²) in [5, 5.41) is 0. The van der Waals surface area contributed by atoms with E-state index in [1.165, 1.54) is 4.90 Å². The Balaban J connectivity index is 1.75. The minimum atomic E-state index is -0.748. The molecule has 2 aromatic carbocycles. The van der Waals surface area contributed by atoms with Crippen LogP contribution in [0.15, 0.2) is 60.7 Å². The van der Waals surface area contributed by atoms with Gasteiger partial charge in [0.25, 0.3) is 0 Å². The summed E-state index contributed by atoms with van der Waals surface area (Å²) in [7, 11) is 0. The number of hydrogen-bond acceptors (Lipinski definition) is 4. The van der Waals surface area contributed by atoms with E-state index < -0.39 is 24.3 Å². The first-order chi connectivity index (χ1) is 11.2. The fourth-order valence-corrected chi connectivity index (χ4v) is 2.48. The Morgan fingerprint density at radius 3 is 2.35 bits per heavy atom. The van der Waals surface area contributed by atoms with Crippen molar-refractivity contribution in [1.29, 1.82) is 0 Å². The predicted molar refractivity (Wildman–Crippen MR) is 83.2 cm³/mol. The second-order valence-corrected chi connectivity index (χ2v) is 5.32. The topological polar surface area (TPSA) is 55.8 Å². The summed E-state index contributed by atoms with van der Waals surface area (Å²) in [6.45, 7) is 1.79. The highest BCUT2D eigenvalue weighted by Gasteiger charge is 2.44. The molecule has 0 saturated carbocycles. The maximum absolute atomic E-state index is 12.4. The lowest BCUT2D eigenvalue weighted by Crippen LogP contribution is -2.38. The van der Waals surface area contributed by atoms with Gasteiger partial charge >= 0.3 is 12.1 Å². The molecule has 3 rings (SSSR count). The first-order valence-electron chi connectivity index (χ1n) is 7.41. The largest absolute Gasteiger partial charge is 0.444 e. The molecule has 5 nitrogen and oxygen atoms in total. The van der Waals surface area contributed by atoms with Gasteiger partial charge in [0.1, 0.15) is 12.6 Å². The summed E-state index contributed by atoms with van der Waals surface area (Å²) in [6.07, 6.45) is -1.32. The first kappa shape index (κ1) is 15.1. The summed E-state index contributed by atoms with van der Waals surface area (Å²) in [5.74, 6) is -0.435. The quantitative estimate of drug-likeness (QED) is 0.816. The van der Waals surface area contributed by atoms with E-state index in [0.717, 1.165) is 11.1 Å². The van der Waals surface area contributed by atoms with Crippen LogP contribution in [0.5, 0.6) is 0 Å². The third-order valence-corrected chi connectivity index (χ3v) is 3.74. The van der Waals surface area contributed by atoms with Crippen molar-refractivity contribution in [3.05, 3.63) is 71.8 Å². The third-order valence-electron chi connectivity index (χ3n) is 3.74. The van der Waals surface area contributed by atoms with Crippen LogP contribution in [0.2, 0.25) is 0 Å². The van der Waals surface area contributed by atoms with Gasteiger partial charge in [-0.15, -0.1) is 0 Å². The van der Waals surface area contributed by atoms with Gasteiger partial charge in [0, 0.05) is 5.56 Å². The van der Waals surface area contributed by atoms with Gasteiger partial charge in [-0.2, -0.15) is 0 Å². The zero-order valence-electron chi connectivity index (χ0n) is 12.7. The summed E-state index contributed by atoms with van der Waals surface area (Å²) < 4.78 is 10.7. The molecule has 0 bridgehead atoms. The van der Waals surface area contributed by atoms with E-state index in [4.69, 9.17) is 9.47 Å². The van der Waals surface area contributed by atoms with Crippen LogP contribution in [-0.2, 0) is 20.9 Å². The van der Waals surface area contributed by atoms with Gasteiger partial charge in [0.05, 0.1) is 0 Å². The number of ether oxygens (including phenoxy) is 2. The maximum Gasteiger partial charge on any atom is 0.414 e. The second-order valence-electron chi connectivity index (χ2n) is 5.32. The highest BCUT2D eigenvalue weighted by molar-refractivity contribution is 5.84. The molecule has 2 aromatic rings. The number of cyclic esters (lactones) is 1. The Hall–Kier alpha value is -2.82. The lowest BCUT2D eigenvalue weighted by molar-refractivity contribution is -0.142. The van der Waals surface area contributed by atoms with Crippen molar-refractivity contribution in [2.45, 2.75) is 25.8 Å². The molecule has 1 aliphatic rings. The number of amides is 1. The van der Waals surface area contributed by atoms with Crippen molar-refractivity contribution >= 4 is 12.1 Å². The number of nitrogens with zero attached hydrogens (tertiary/aromatic N) is 1. The zero-order chi connectivity index (χ0) is 16.2. The zero-order valence-corrected chi connectivity index (χ0v) is 12.7. The molecule has 118 valence electrons. The van der Waals surface area contributed by atoms with Gasteiger partial charge in [-0.25, -0.2) is 9.59 Å². The molecule has 1 saturated heterocycles. The van der Waals surface area contributed by atoms with Crippen LogP contribution < -0.4 is 0 Å². The average molecular weight is 311 g/mol. The molecule has 23 heavy (non-hydrogen) atoms. The minimum Gasteiger partial charge on any atom is -0.444 e. The van der Waals surface area contributed by atoms with Gasteiger partial charge in [-0.1, -0.05) is 60.7 Å². The van der Waals surface area contributed by atoms with E-state index in [1.807, 2.05) is 60.7 Å². The number of carbonyl (C=O) groups excluding carboxylic acids is 2. The predicted octanol–water partition coefficient (Wildman–Crippen LogP) is 3.27. The number of benzene rings is 2. The van der Waals surface area contributed by atoms with Gasteiger partial charge < -0.3 is 9.47 Å². The molecule has 0 spiro atoms. The SMILES string of the molecule is C[C@@H]1C(=O)O[C@H](c2ccccc2)N1C(=O)OCc1ccccc1. The van der Waals surface area contributed by atoms with Gasteiger partial charge in [-0.3, -0.25) is 4.90 Å². The number of rotatable bonds is 3. The first-order valence-corrected chi connectivity index (χ1v) is 7.41. The van der Waals surface area contributed by atoms with Crippen molar-refractivity contribution in [3.8, 4) is 0 Å². The van der Waals surface area contributed by atoms with E-state index in [-0.39, 0.29) is 6.61 Å². The maximum atomic E-state index is 12.4. The molecule has 0 aromatic heterocycles. The van der Waals surface area contributed by atoms with Crippen LogP contribution in [0, 0.1) is 0 Å². The lowest BCUT2D eigenvalue weighted by atomic mass is 10.2. The molecule has 1 amide bonds. The van der Waals surface area contributed by atoms with Crippen LogP contribution in [0.25, 0.3) is 0 Å². The average Bonchev–Trinajstić information content (AvgIpc) is 2.90. The number of esters is 1. The van der Waals surface area contributed by atoms with Crippen LogP contribution in [-0.4, -0.2) is 23.0 Å². The van der Waals surface area contributed by atoms with E-state index >= 15 is 0 Å². The molecule has 1 aliphatic heterocycles. The molecule has 1 heterocycles. The van der Waals surface area contributed by atoms with Crippen LogP contribution in [0.1, 0.15) is 24.3 Å². The highest BCUT2D eigenvalue weighted by atomic mass is 16.6. The Labute approximate surface area is 134 Å². The summed E-state index contributed by atoms with van der Waals surface area (Å²) in [4.78, 5) is 25.6. The van der Waals surface area contributed by atoms with Crippen molar-refractivity contribution in [2.75, 3.05) is 0 Å². The van der Waals surface area contributed by atoms with E-state index in [9.17, 15) is 9.59 Å². The molecule has 5 heteroatoms. The summed E-state index contributed by atoms with van der Waals surface area (Å²) in [6, 6.07) is 17.9. The van der Waals surface area contributed by atoms with Crippen molar-refractivity contribution < 1.29 is 19.1 Å². The number of carbonyl (C=O) groups is 2. The van der Waals surface area contributed by atoms with Crippen LogP contribution >= 0.6 is 0 Å². The fourth-order valence-electron chi connectivity index (χ4n) is 2.48. The molecule has 0 unspecified atom stereocenters. The third kappa shape index (κ3) is 3.18. The van der Waals surface area contributed by atoms with Crippen molar-refractivity contribution in [1.82, 2.24) is 4.90 Å². The minimum absolute atomic E-state index is 0.151. The molecular weight excluding hydrogens is 294 g/mol. The van der Waals surface area contributed by atoms with Crippen molar-refractivity contribution in [2.24, 2.45) is 0 Å². The van der Waals surface area contributed by atoms with E-state index in [0.29, 0.717) is 0 Å². The van der Waals surface area contributed by atoms with Crippen LogP contribution in [0.4, 0.5) is 4.79 Å². The molecular formula is C18H17NO4. The smallest absolute Gasteiger partial charge is 0.414 e. The second kappa shape index (κ2) is 6.52. The standard InChI is InChI=1S/C18H17NO4/c1-13-17(20)23-16(15-10-6-3-7-11-15)19(13)18(21)22-12-14-8-4-2-5-9-14/h2-11,13,16H,12H2,1H3/t13-,16-/m1/s1. The van der Waals surface area contributed by atoms with Gasteiger partial charge in [0.15, 0.2) is 0 Å².